The van der Waals surface area contributed by atoms with Crippen LogP contribution in [0.15, 0.2) is 42.5 Å². The standard InChI is InChI=1S/C24H30N2OS/c27-17-18-10-13-26(14-11-18)20-6-4-12-25(16-20)15-19-5-3-8-22-21-7-1-2-9-23(21)28-24(19)22/h1-3,5,7-9,18,20,27H,4,6,10-17H2. The third-order valence-electron chi connectivity index (χ3n) is 6.78. The summed E-state index contributed by atoms with van der Waals surface area (Å²) < 4.78 is 2.86. The molecule has 1 unspecified atom stereocenters. The molecule has 5 rings (SSSR count). The molecule has 0 amide bonds. The zero-order valence-electron chi connectivity index (χ0n) is 16.5. The van der Waals surface area contributed by atoms with Crippen LogP contribution in [0.2, 0.25) is 0 Å². The molecule has 3 heterocycles. The maximum Gasteiger partial charge on any atom is 0.0460 e. The summed E-state index contributed by atoms with van der Waals surface area (Å²) in [6.45, 7) is 6.15. The first-order valence-corrected chi connectivity index (χ1v) is 11.6. The van der Waals surface area contributed by atoms with Crippen molar-refractivity contribution in [3.8, 4) is 0 Å². The number of hydrogen-bond donors (Lipinski definition) is 1. The van der Waals surface area contributed by atoms with Crippen LogP contribution in [0, 0.1) is 5.92 Å². The van der Waals surface area contributed by atoms with Gasteiger partial charge in [-0.05, 0) is 62.9 Å². The highest BCUT2D eigenvalue weighted by Crippen LogP contribution is 2.36. The minimum absolute atomic E-state index is 0.365. The molecular weight excluding hydrogens is 364 g/mol. The van der Waals surface area contributed by atoms with Gasteiger partial charge < -0.3 is 5.11 Å². The van der Waals surface area contributed by atoms with Crippen molar-refractivity contribution in [1.82, 2.24) is 9.80 Å². The van der Waals surface area contributed by atoms with E-state index in [1.165, 1.54) is 51.7 Å². The highest BCUT2D eigenvalue weighted by molar-refractivity contribution is 7.26. The van der Waals surface area contributed by atoms with Gasteiger partial charge in [0.15, 0.2) is 0 Å². The minimum atomic E-state index is 0.365. The fourth-order valence-corrected chi connectivity index (χ4v) is 6.35. The van der Waals surface area contributed by atoms with E-state index in [1.54, 1.807) is 0 Å². The molecule has 148 valence electrons. The van der Waals surface area contributed by atoms with Gasteiger partial charge in [-0.1, -0.05) is 36.4 Å². The van der Waals surface area contributed by atoms with E-state index in [9.17, 15) is 5.11 Å². The molecule has 2 fully saturated rings. The van der Waals surface area contributed by atoms with E-state index in [2.05, 4.69) is 52.3 Å². The van der Waals surface area contributed by atoms with Gasteiger partial charge in [-0.3, -0.25) is 9.80 Å². The Morgan fingerprint density at radius 3 is 2.61 bits per heavy atom. The SMILES string of the molecule is OCC1CCN(C2CCCN(Cc3cccc4c3sc3ccccc34)C2)CC1. The quantitative estimate of drug-likeness (QED) is 0.693. The molecule has 0 bridgehead atoms. The molecule has 2 saturated heterocycles. The Hall–Kier alpha value is -1.46. The van der Waals surface area contributed by atoms with Gasteiger partial charge in [0.1, 0.15) is 0 Å². The number of benzene rings is 2. The summed E-state index contributed by atoms with van der Waals surface area (Å²) in [5.41, 5.74) is 1.48. The number of piperidine rings is 2. The van der Waals surface area contributed by atoms with Crippen molar-refractivity contribution in [2.75, 3.05) is 32.8 Å². The summed E-state index contributed by atoms with van der Waals surface area (Å²) in [4.78, 5) is 5.36. The van der Waals surface area contributed by atoms with Crippen LogP contribution in [-0.4, -0.2) is 53.7 Å². The molecule has 0 radical (unpaired) electrons. The molecule has 28 heavy (non-hydrogen) atoms. The maximum absolute atomic E-state index is 9.41. The largest absolute Gasteiger partial charge is 0.396 e. The Morgan fingerprint density at radius 1 is 0.929 bits per heavy atom. The lowest BCUT2D eigenvalue weighted by atomic mass is 9.94. The molecule has 2 aliphatic rings. The van der Waals surface area contributed by atoms with Crippen molar-refractivity contribution in [3.05, 3.63) is 48.0 Å². The Labute approximate surface area is 171 Å². The van der Waals surface area contributed by atoms with Crippen molar-refractivity contribution in [2.45, 2.75) is 38.3 Å². The topological polar surface area (TPSA) is 26.7 Å². The predicted molar refractivity (Wildman–Crippen MR) is 119 cm³/mol. The van der Waals surface area contributed by atoms with Crippen LogP contribution in [0.4, 0.5) is 0 Å². The second kappa shape index (κ2) is 8.11. The van der Waals surface area contributed by atoms with E-state index in [-0.39, 0.29) is 0 Å². The van der Waals surface area contributed by atoms with Gasteiger partial charge in [0.25, 0.3) is 0 Å². The number of likely N-dealkylation sites (tertiary alicyclic amines) is 2. The van der Waals surface area contributed by atoms with Crippen LogP contribution in [0.1, 0.15) is 31.2 Å². The first-order chi connectivity index (χ1) is 13.8. The summed E-state index contributed by atoms with van der Waals surface area (Å²) in [6, 6.07) is 16.3. The van der Waals surface area contributed by atoms with Crippen LogP contribution >= 0.6 is 11.3 Å². The van der Waals surface area contributed by atoms with Crippen LogP contribution < -0.4 is 0 Å². The molecule has 3 nitrogen and oxygen atoms in total. The first kappa shape index (κ1) is 18.6. The fraction of sp³-hybridized carbons (Fsp3) is 0.500. The Kier molecular flexibility index (Phi) is 5.38. The van der Waals surface area contributed by atoms with Crippen molar-refractivity contribution < 1.29 is 5.11 Å². The molecular formula is C24H30N2OS. The van der Waals surface area contributed by atoms with Crippen LogP contribution in [-0.2, 0) is 6.54 Å². The van der Waals surface area contributed by atoms with Crippen molar-refractivity contribution in [3.63, 3.8) is 0 Å². The van der Waals surface area contributed by atoms with Crippen molar-refractivity contribution in [1.29, 1.82) is 0 Å². The second-order valence-electron chi connectivity index (χ2n) is 8.59. The first-order valence-electron chi connectivity index (χ1n) is 10.8. The van der Waals surface area contributed by atoms with Gasteiger partial charge in [0.2, 0.25) is 0 Å². The number of fused-ring (bicyclic) bond motifs is 3. The average molecular weight is 395 g/mol. The Bertz CT molecular complexity index is 944. The van der Waals surface area contributed by atoms with Gasteiger partial charge in [0, 0.05) is 45.9 Å². The Balaban J connectivity index is 1.32. The molecule has 3 aromatic rings. The van der Waals surface area contributed by atoms with Crippen LogP contribution in [0.5, 0.6) is 0 Å². The molecule has 1 aromatic heterocycles. The van der Waals surface area contributed by atoms with Gasteiger partial charge in [0.05, 0.1) is 0 Å². The molecule has 0 saturated carbocycles. The lowest BCUT2D eigenvalue weighted by molar-refractivity contribution is 0.0545. The molecule has 2 aromatic carbocycles. The van der Waals surface area contributed by atoms with E-state index >= 15 is 0 Å². The van der Waals surface area contributed by atoms with Crippen molar-refractivity contribution >= 4 is 31.5 Å². The molecule has 0 spiro atoms. The minimum Gasteiger partial charge on any atom is -0.396 e. The Morgan fingerprint density at radius 2 is 1.75 bits per heavy atom. The normalized spacial score (nSPS) is 23.0. The number of hydrogen-bond acceptors (Lipinski definition) is 4. The molecule has 1 atom stereocenters. The highest BCUT2D eigenvalue weighted by atomic mass is 32.1. The van der Waals surface area contributed by atoms with E-state index in [4.69, 9.17) is 0 Å². The van der Waals surface area contributed by atoms with Crippen LogP contribution in [0.3, 0.4) is 0 Å². The maximum atomic E-state index is 9.41. The molecule has 2 aliphatic heterocycles. The van der Waals surface area contributed by atoms with E-state index in [1.807, 2.05) is 11.3 Å². The number of thiophene rings is 1. The molecule has 4 heteroatoms. The lowest BCUT2D eigenvalue weighted by Crippen LogP contribution is -2.50. The number of aliphatic hydroxyl groups is 1. The summed E-state index contributed by atoms with van der Waals surface area (Å²) in [5, 5.41) is 12.2. The summed E-state index contributed by atoms with van der Waals surface area (Å²) in [5.74, 6) is 0.529. The monoisotopic (exact) mass is 394 g/mol. The summed E-state index contributed by atoms with van der Waals surface area (Å²) in [6.07, 6.45) is 4.95. The summed E-state index contributed by atoms with van der Waals surface area (Å²) >= 11 is 1.95. The van der Waals surface area contributed by atoms with E-state index in [0.717, 1.165) is 32.5 Å². The highest BCUT2D eigenvalue weighted by Gasteiger charge is 2.28. The lowest BCUT2D eigenvalue weighted by Gasteiger charge is -2.42. The predicted octanol–water partition coefficient (Wildman–Crippen LogP) is 4.72. The summed E-state index contributed by atoms with van der Waals surface area (Å²) in [7, 11) is 0. The molecule has 1 N–H and O–H groups in total. The van der Waals surface area contributed by atoms with E-state index in [0.29, 0.717) is 18.6 Å². The average Bonchev–Trinajstić information content (AvgIpc) is 3.14. The van der Waals surface area contributed by atoms with Gasteiger partial charge in [-0.25, -0.2) is 0 Å². The van der Waals surface area contributed by atoms with E-state index < -0.39 is 0 Å². The van der Waals surface area contributed by atoms with Crippen molar-refractivity contribution in [2.24, 2.45) is 5.92 Å². The number of nitrogens with zero attached hydrogens (tertiary/aromatic N) is 2. The molecule has 0 aliphatic carbocycles. The third-order valence-corrected chi connectivity index (χ3v) is 8.05. The van der Waals surface area contributed by atoms with Gasteiger partial charge >= 0.3 is 0 Å². The van der Waals surface area contributed by atoms with Gasteiger partial charge in [-0.15, -0.1) is 11.3 Å². The smallest absolute Gasteiger partial charge is 0.0460 e. The fourth-order valence-electron chi connectivity index (χ4n) is 5.14. The zero-order valence-corrected chi connectivity index (χ0v) is 17.3. The third kappa shape index (κ3) is 3.59. The number of rotatable bonds is 4. The zero-order chi connectivity index (χ0) is 18.9. The second-order valence-corrected chi connectivity index (χ2v) is 9.64. The van der Waals surface area contributed by atoms with Gasteiger partial charge in [-0.2, -0.15) is 0 Å². The van der Waals surface area contributed by atoms with Crippen LogP contribution in [0.25, 0.3) is 20.2 Å². The number of aliphatic hydroxyl groups excluding tert-OH is 1.